The highest BCUT2D eigenvalue weighted by molar-refractivity contribution is 5.88. The molecular formula is C14H13N6O5-. The maximum Gasteiger partial charge on any atom is 0.342 e. The van der Waals surface area contributed by atoms with Crippen molar-refractivity contribution in [3.05, 3.63) is 56.2 Å². The molecule has 0 fully saturated rings. The maximum atomic E-state index is 11.9. The van der Waals surface area contributed by atoms with Crippen LogP contribution in [-0.2, 0) is 4.79 Å². The second-order valence-electron chi connectivity index (χ2n) is 4.87. The van der Waals surface area contributed by atoms with E-state index in [-0.39, 0.29) is 11.4 Å². The number of nitrogens with one attached hydrogen (secondary N) is 4. The van der Waals surface area contributed by atoms with E-state index in [0.717, 1.165) is 0 Å². The molecule has 0 aliphatic rings. The molecule has 4 N–H and O–H groups in total. The van der Waals surface area contributed by atoms with E-state index in [1.807, 2.05) is 10.1 Å². The van der Waals surface area contributed by atoms with Crippen LogP contribution in [0.15, 0.2) is 39.0 Å². The summed E-state index contributed by atoms with van der Waals surface area (Å²) in [5.41, 5.74) is 1.31. The van der Waals surface area contributed by atoms with Gasteiger partial charge in [0.1, 0.15) is 6.04 Å². The number of amides is 1. The van der Waals surface area contributed by atoms with Gasteiger partial charge in [0.2, 0.25) is 5.82 Å². The van der Waals surface area contributed by atoms with Crippen molar-refractivity contribution in [2.45, 2.75) is 13.0 Å². The van der Waals surface area contributed by atoms with Gasteiger partial charge in [-0.2, -0.15) is 5.10 Å². The summed E-state index contributed by atoms with van der Waals surface area (Å²) >= 11 is 0. The van der Waals surface area contributed by atoms with Crippen molar-refractivity contribution in [3.8, 4) is 0 Å². The van der Waals surface area contributed by atoms with E-state index in [0.29, 0.717) is 5.56 Å². The van der Waals surface area contributed by atoms with E-state index in [9.17, 15) is 24.3 Å². The summed E-state index contributed by atoms with van der Waals surface area (Å²) < 4.78 is 0. The first-order valence-corrected chi connectivity index (χ1v) is 6.96. The molecule has 1 atom stereocenters. The molecule has 1 heterocycles. The van der Waals surface area contributed by atoms with Gasteiger partial charge in [0.25, 0.3) is 11.5 Å². The van der Waals surface area contributed by atoms with Gasteiger partial charge in [0.15, 0.2) is 0 Å². The van der Waals surface area contributed by atoms with Crippen molar-refractivity contribution in [2.75, 3.05) is 5.32 Å². The van der Waals surface area contributed by atoms with Crippen molar-refractivity contribution < 1.29 is 14.7 Å². The number of H-pyrrole nitrogens is 2. The smallest absolute Gasteiger partial charge is 0.342 e. The number of carboxylic acid groups (broad SMARTS) is 1. The molecule has 1 aromatic carbocycles. The zero-order valence-electron chi connectivity index (χ0n) is 12.9. The average molecular weight is 345 g/mol. The van der Waals surface area contributed by atoms with E-state index >= 15 is 0 Å². The van der Waals surface area contributed by atoms with Crippen LogP contribution >= 0.6 is 0 Å². The predicted octanol–water partition coefficient (Wildman–Crippen LogP) is -2.23. The van der Waals surface area contributed by atoms with Crippen molar-refractivity contribution in [1.29, 1.82) is 0 Å². The minimum absolute atomic E-state index is 0.0256. The van der Waals surface area contributed by atoms with Crippen LogP contribution in [0.5, 0.6) is 0 Å². The molecule has 0 aliphatic heterocycles. The van der Waals surface area contributed by atoms with Crippen LogP contribution in [0.25, 0.3) is 0 Å². The Kier molecular flexibility index (Phi) is 5.40. The Hall–Kier alpha value is -3.76. The molecule has 130 valence electrons. The summed E-state index contributed by atoms with van der Waals surface area (Å²) in [6.07, 6.45) is 1.31. The largest absolute Gasteiger partial charge is 0.545 e. The fourth-order valence-corrected chi connectivity index (χ4v) is 1.69. The van der Waals surface area contributed by atoms with Gasteiger partial charge in [0, 0.05) is 0 Å². The molecular weight excluding hydrogens is 332 g/mol. The lowest BCUT2D eigenvalue weighted by Gasteiger charge is -2.11. The standard InChI is InChI=1S/C14H14N6O5/c1-7(16-10-12(22)17-14(25)20-18-10)11(21)19-15-6-8-2-4-9(5-3-8)13(23)24/h2-7H,1H3,(H,16,18)(H,19,21)(H,23,24)(H2,17,20,22,25)/p-1/t7-/m0/s1. The molecule has 2 rings (SSSR count). The van der Waals surface area contributed by atoms with Crippen LogP contribution in [0.3, 0.4) is 0 Å². The summed E-state index contributed by atoms with van der Waals surface area (Å²) in [5.74, 6) is -2.07. The van der Waals surface area contributed by atoms with Gasteiger partial charge in [-0.25, -0.2) is 15.3 Å². The van der Waals surface area contributed by atoms with Crippen LogP contribution in [0.2, 0.25) is 0 Å². The lowest BCUT2D eigenvalue weighted by Crippen LogP contribution is -2.38. The number of aromatic amines is 2. The number of benzene rings is 1. The first-order chi connectivity index (χ1) is 11.9. The third-order valence-corrected chi connectivity index (χ3v) is 2.99. The normalized spacial score (nSPS) is 11.9. The van der Waals surface area contributed by atoms with Crippen molar-refractivity contribution in [3.63, 3.8) is 0 Å². The van der Waals surface area contributed by atoms with E-state index in [2.05, 4.69) is 20.9 Å². The number of hydrogen-bond donors (Lipinski definition) is 4. The molecule has 0 saturated heterocycles. The Morgan fingerprint density at radius 1 is 1.28 bits per heavy atom. The Labute approximate surface area is 139 Å². The number of carboxylic acids is 1. The fourth-order valence-electron chi connectivity index (χ4n) is 1.69. The summed E-state index contributed by atoms with van der Waals surface area (Å²) in [5, 5.41) is 22.4. The van der Waals surface area contributed by atoms with Gasteiger partial charge in [-0.05, 0) is 18.1 Å². The number of carbonyl (C=O) groups excluding carboxylic acids is 2. The third kappa shape index (κ3) is 4.86. The van der Waals surface area contributed by atoms with Gasteiger partial charge in [0.05, 0.1) is 12.2 Å². The average Bonchev–Trinajstić information content (AvgIpc) is 2.57. The molecule has 1 amide bonds. The number of rotatable bonds is 6. The van der Waals surface area contributed by atoms with Gasteiger partial charge < -0.3 is 15.2 Å². The zero-order chi connectivity index (χ0) is 18.4. The lowest BCUT2D eigenvalue weighted by atomic mass is 10.1. The van der Waals surface area contributed by atoms with Crippen LogP contribution in [0.1, 0.15) is 22.8 Å². The summed E-state index contributed by atoms with van der Waals surface area (Å²) in [6.45, 7) is 1.46. The molecule has 11 nitrogen and oxygen atoms in total. The van der Waals surface area contributed by atoms with Crippen molar-refractivity contribution >= 4 is 23.9 Å². The third-order valence-electron chi connectivity index (χ3n) is 2.99. The lowest BCUT2D eigenvalue weighted by molar-refractivity contribution is -0.255. The molecule has 25 heavy (non-hydrogen) atoms. The molecule has 0 bridgehead atoms. The minimum atomic E-state index is -1.29. The molecule has 1 aromatic heterocycles. The second-order valence-corrected chi connectivity index (χ2v) is 4.87. The van der Waals surface area contributed by atoms with Gasteiger partial charge in [-0.15, -0.1) is 5.10 Å². The van der Waals surface area contributed by atoms with Gasteiger partial charge >= 0.3 is 5.69 Å². The minimum Gasteiger partial charge on any atom is -0.545 e. The summed E-state index contributed by atoms with van der Waals surface area (Å²) in [7, 11) is 0. The SMILES string of the molecule is C[C@H](Nc1n[nH]c(=O)[nH]c1=O)C(=O)NN=Cc1ccc(C(=O)[O-])cc1. The Morgan fingerprint density at radius 2 is 1.96 bits per heavy atom. The van der Waals surface area contributed by atoms with E-state index < -0.39 is 29.2 Å². The first-order valence-electron chi connectivity index (χ1n) is 6.96. The second kappa shape index (κ2) is 7.68. The Bertz CT molecular complexity index is 914. The number of anilines is 1. The highest BCUT2D eigenvalue weighted by Crippen LogP contribution is 2.01. The number of aromatic nitrogens is 3. The van der Waals surface area contributed by atoms with Crippen LogP contribution in [0.4, 0.5) is 5.82 Å². The van der Waals surface area contributed by atoms with Gasteiger partial charge in [-0.1, -0.05) is 24.3 Å². The number of hydrogen-bond acceptors (Lipinski definition) is 8. The topological polar surface area (TPSA) is 172 Å². The fraction of sp³-hybridized carbons (Fsp3) is 0.143. The number of nitrogens with zero attached hydrogens (tertiary/aromatic N) is 2. The molecule has 0 unspecified atom stereocenters. The molecule has 0 spiro atoms. The monoisotopic (exact) mass is 345 g/mol. The molecule has 0 aliphatic carbocycles. The number of hydrazone groups is 1. The van der Waals surface area contributed by atoms with E-state index in [1.165, 1.54) is 37.4 Å². The molecule has 11 heteroatoms. The quantitative estimate of drug-likeness (QED) is 0.339. The number of aromatic carboxylic acids is 1. The van der Waals surface area contributed by atoms with Crippen LogP contribution < -0.4 is 27.1 Å². The van der Waals surface area contributed by atoms with Gasteiger partial charge in [-0.3, -0.25) is 14.6 Å². The highest BCUT2D eigenvalue weighted by atomic mass is 16.4. The Balaban J connectivity index is 1.93. The zero-order valence-corrected chi connectivity index (χ0v) is 12.9. The molecule has 0 radical (unpaired) electrons. The van der Waals surface area contributed by atoms with Crippen molar-refractivity contribution in [2.24, 2.45) is 5.10 Å². The van der Waals surface area contributed by atoms with E-state index in [1.54, 1.807) is 0 Å². The van der Waals surface area contributed by atoms with Crippen molar-refractivity contribution in [1.82, 2.24) is 20.6 Å². The molecule has 0 saturated carbocycles. The summed E-state index contributed by atoms with van der Waals surface area (Å²) in [4.78, 5) is 46.8. The Morgan fingerprint density at radius 3 is 2.56 bits per heavy atom. The number of carbonyl (C=O) groups is 2. The van der Waals surface area contributed by atoms with E-state index in [4.69, 9.17) is 0 Å². The predicted molar refractivity (Wildman–Crippen MR) is 85.1 cm³/mol. The highest BCUT2D eigenvalue weighted by Gasteiger charge is 2.14. The van der Waals surface area contributed by atoms with Crippen LogP contribution in [0, 0.1) is 0 Å². The maximum absolute atomic E-state index is 11.9. The molecule has 2 aromatic rings. The van der Waals surface area contributed by atoms with Crippen LogP contribution in [-0.4, -0.2) is 39.3 Å². The first kappa shape index (κ1) is 17.6. The summed E-state index contributed by atoms with van der Waals surface area (Å²) in [6, 6.07) is 4.81.